The first kappa shape index (κ1) is 25.2. The van der Waals surface area contributed by atoms with Crippen molar-refractivity contribution >= 4 is 46.0 Å². The maximum atomic E-state index is 12.5. The molecule has 4 rings (SSSR count). The van der Waals surface area contributed by atoms with Crippen LogP contribution in [0.2, 0.25) is 0 Å². The maximum Gasteiger partial charge on any atom is 0.318 e. The summed E-state index contributed by atoms with van der Waals surface area (Å²) in [5, 5.41) is 25.6. The van der Waals surface area contributed by atoms with Crippen LogP contribution in [-0.2, 0) is 4.79 Å². The number of non-ortho nitro benzene ring substituents is 1. The van der Waals surface area contributed by atoms with Gasteiger partial charge in [0.2, 0.25) is 5.75 Å². The number of carbonyl (C=O) groups is 1. The van der Waals surface area contributed by atoms with Gasteiger partial charge in [-0.1, -0.05) is 6.07 Å². The summed E-state index contributed by atoms with van der Waals surface area (Å²) in [5.74, 6) is 0.510. The second-order valence-electron chi connectivity index (χ2n) is 7.36. The van der Waals surface area contributed by atoms with E-state index in [0.717, 1.165) is 30.0 Å². The zero-order chi connectivity index (χ0) is 26.5. The topological polar surface area (TPSA) is 155 Å². The van der Waals surface area contributed by atoms with Crippen molar-refractivity contribution in [1.29, 1.82) is 0 Å². The van der Waals surface area contributed by atoms with E-state index in [1.807, 2.05) is 0 Å². The van der Waals surface area contributed by atoms with Gasteiger partial charge in [-0.15, -0.1) is 0 Å². The van der Waals surface area contributed by atoms with Gasteiger partial charge in [-0.25, -0.2) is 4.99 Å². The minimum atomic E-state index is -0.774. The highest BCUT2D eigenvalue weighted by Crippen LogP contribution is 2.39. The number of carbonyl (C=O) groups excluding carboxylic acids is 1. The molecule has 0 aliphatic carbocycles. The molecule has 1 N–H and O–H groups in total. The number of aliphatic imine (C=N–C) groups is 1. The van der Waals surface area contributed by atoms with Crippen molar-refractivity contribution in [2.45, 2.75) is 0 Å². The Labute approximate surface area is 213 Å². The Morgan fingerprint density at radius 2 is 1.62 bits per heavy atom. The number of hydrogen-bond acceptors (Lipinski definition) is 10. The van der Waals surface area contributed by atoms with Crippen LogP contribution in [0.3, 0.4) is 0 Å². The molecule has 1 heterocycles. The van der Waals surface area contributed by atoms with E-state index in [1.165, 1.54) is 13.2 Å². The van der Waals surface area contributed by atoms with Gasteiger partial charge in [-0.05, 0) is 65.9 Å². The molecular formula is C24H18N4O8S. The second-order valence-corrected chi connectivity index (χ2v) is 8.39. The lowest BCUT2D eigenvalue weighted by molar-refractivity contribution is -0.394. The number of nitro benzene ring substituents is 2. The van der Waals surface area contributed by atoms with E-state index in [-0.39, 0.29) is 23.2 Å². The van der Waals surface area contributed by atoms with E-state index >= 15 is 0 Å². The summed E-state index contributed by atoms with van der Waals surface area (Å²) in [5.41, 5.74) is 0.157. The lowest BCUT2D eigenvalue weighted by Gasteiger charge is -2.11. The molecule has 0 spiro atoms. The minimum Gasteiger partial charge on any atom is -0.497 e. The van der Waals surface area contributed by atoms with Crippen LogP contribution >= 0.6 is 11.8 Å². The Kier molecular flexibility index (Phi) is 7.34. The Hall–Kier alpha value is -4.91. The fraction of sp³-hybridized carbons (Fsp3) is 0.0833. The molecule has 0 saturated carbocycles. The Morgan fingerprint density at radius 3 is 2.27 bits per heavy atom. The molecule has 1 aliphatic heterocycles. The molecule has 0 unspecified atom stereocenters. The number of rotatable bonds is 8. The highest BCUT2D eigenvalue weighted by molar-refractivity contribution is 8.18. The van der Waals surface area contributed by atoms with Crippen LogP contribution in [0.15, 0.2) is 70.6 Å². The predicted molar refractivity (Wildman–Crippen MR) is 137 cm³/mol. The number of nitro groups is 2. The number of nitrogens with one attached hydrogen (secondary N) is 1. The molecule has 0 radical (unpaired) electrons. The van der Waals surface area contributed by atoms with Crippen molar-refractivity contribution in [3.8, 4) is 23.0 Å². The second kappa shape index (κ2) is 10.8. The van der Waals surface area contributed by atoms with Gasteiger partial charge in [0.05, 0.1) is 40.7 Å². The quantitative estimate of drug-likeness (QED) is 0.238. The Bertz CT molecular complexity index is 1450. The van der Waals surface area contributed by atoms with Crippen LogP contribution in [0.4, 0.5) is 17.1 Å². The standard InChI is InChI=1S/C24H18N4O8S/c1-34-17-7-4-15(5-8-17)25-24-26-23(29)22(37-24)12-14-3-9-20(35-2)21(11-14)36-19-10-6-16(27(30)31)13-18(19)28(32)33/h3-13H,1-2H3,(H,25,26,29)/b22-12-. The van der Waals surface area contributed by atoms with Crippen molar-refractivity contribution in [3.63, 3.8) is 0 Å². The summed E-state index contributed by atoms with van der Waals surface area (Å²) in [6.45, 7) is 0. The molecule has 0 aromatic heterocycles. The summed E-state index contributed by atoms with van der Waals surface area (Å²) >= 11 is 1.14. The number of benzene rings is 3. The van der Waals surface area contributed by atoms with Crippen molar-refractivity contribution < 1.29 is 28.9 Å². The molecule has 1 fully saturated rings. The first-order valence-corrected chi connectivity index (χ1v) is 11.3. The van der Waals surface area contributed by atoms with Crippen molar-refractivity contribution in [1.82, 2.24) is 5.32 Å². The Morgan fingerprint density at radius 1 is 0.892 bits per heavy atom. The number of ether oxygens (including phenoxy) is 3. The average molecular weight is 522 g/mol. The van der Waals surface area contributed by atoms with E-state index in [1.54, 1.807) is 49.6 Å². The van der Waals surface area contributed by atoms with Gasteiger partial charge < -0.3 is 19.5 Å². The summed E-state index contributed by atoms with van der Waals surface area (Å²) in [7, 11) is 2.96. The Balaban J connectivity index is 1.61. The maximum absolute atomic E-state index is 12.5. The molecule has 13 heteroatoms. The van der Waals surface area contributed by atoms with Gasteiger partial charge in [0, 0.05) is 6.07 Å². The third-order valence-corrected chi connectivity index (χ3v) is 5.92. The third-order valence-electron chi connectivity index (χ3n) is 5.01. The van der Waals surface area contributed by atoms with Gasteiger partial charge in [0.25, 0.3) is 11.6 Å². The smallest absolute Gasteiger partial charge is 0.318 e. The number of methoxy groups -OCH3 is 2. The lowest BCUT2D eigenvalue weighted by atomic mass is 10.2. The van der Waals surface area contributed by atoms with Crippen LogP contribution < -0.4 is 19.5 Å². The molecular weight excluding hydrogens is 504 g/mol. The average Bonchev–Trinajstić information content (AvgIpc) is 3.22. The number of hydrogen-bond donors (Lipinski definition) is 1. The lowest BCUT2D eigenvalue weighted by Crippen LogP contribution is -2.19. The van der Waals surface area contributed by atoms with Crippen LogP contribution in [0.5, 0.6) is 23.0 Å². The van der Waals surface area contributed by atoms with Gasteiger partial charge in [-0.3, -0.25) is 25.0 Å². The van der Waals surface area contributed by atoms with Crippen LogP contribution in [-0.4, -0.2) is 35.1 Å². The summed E-state index contributed by atoms with van der Waals surface area (Å²) < 4.78 is 16.1. The highest BCUT2D eigenvalue weighted by Gasteiger charge is 2.25. The van der Waals surface area contributed by atoms with Gasteiger partial charge >= 0.3 is 5.69 Å². The number of amides is 1. The first-order chi connectivity index (χ1) is 17.8. The van der Waals surface area contributed by atoms with Crippen LogP contribution in [0.25, 0.3) is 6.08 Å². The molecule has 3 aromatic rings. The van der Waals surface area contributed by atoms with E-state index in [2.05, 4.69) is 10.3 Å². The molecule has 1 amide bonds. The number of amidine groups is 1. The van der Waals surface area contributed by atoms with E-state index in [4.69, 9.17) is 14.2 Å². The van der Waals surface area contributed by atoms with Gasteiger partial charge in [-0.2, -0.15) is 0 Å². The first-order valence-electron chi connectivity index (χ1n) is 10.5. The van der Waals surface area contributed by atoms with Crippen LogP contribution in [0, 0.1) is 20.2 Å². The molecule has 1 aliphatic rings. The van der Waals surface area contributed by atoms with Crippen LogP contribution in [0.1, 0.15) is 5.56 Å². The summed E-state index contributed by atoms with van der Waals surface area (Å²) in [6.07, 6.45) is 1.60. The van der Waals surface area contributed by atoms with Gasteiger partial charge in [0.15, 0.2) is 16.7 Å². The van der Waals surface area contributed by atoms with E-state index in [9.17, 15) is 25.0 Å². The summed E-state index contributed by atoms with van der Waals surface area (Å²) in [6, 6.07) is 14.9. The molecule has 1 saturated heterocycles. The molecule has 188 valence electrons. The molecule has 37 heavy (non-hydrogen) atoms. The molecule has 0 atom stereocenters. The normalized spacial score (nSPS) is 14.9. The largest absolute Gasteiger partial charge is 0.497 e. The third kappa shape index (κ3) is 5.85. The monoisotopic (exact) mass is 522 g/mol. The highest BCUT2D eigenvalue weighted by atomic mass is 32.2. The fourth-order valence-electron chi connectivity index (χ4n) is 3.24. The van der Waals surface area contributed by atoms with Crippen molar-refractivity contribution in [3.05, 3.63) is 91.4 Å². The zero-order valence-corrected chi connectivity index (χ0v) is 20.2. The van der Waals surface area contributed by atoms with Crippen molar-refractivity contribution in [2.75, 3.05) is 14.2 Å². The fourth-order valence-corrected chi connectivity index (χ4v) is 4.08. The number of nitrogens with zero attached hydrogens (tertiary/aromatic N) is 3. The zero-order valence-electron chi connectivity index (χ0n) is 19.4. The van der Waals surface area contributed by atoms with E-state index < -0.39 is 21.2 Å². The molecule has 0 bridgehead atoms. The molecule has 3 aromatic carbocycles. The predicted octanol–water partition coefficient (Wildman–Crippen LogP) is 5.20. The number of thioether (sulfide) groups is 1. The molecule has 12 nitrogen and oxygen atoms in total. The van der Waals surface area contributed by atoms with Gasteiger partial charge in [0.1, 0.15) is 5.75 Å². The van der Waals surface area contributed by atoms with E-state index in [0.29, 0.717) is 27.1 Å². The summed E-state index contributed by atoms with van der Waals surface area (Å²) in [4.78, 5) is 38.2. The van der Waals surface area contributed by atoms with Crippen molar-refractivity contribution in [2.24, 2.45) is 4.99 Å². The minimum absolute atomic E-state index is 0.115. The SMILES string of the molecule is COc1ccc(N=C2NC(=O)/C(=C/c3ccc(OC)c(Oc4ccc([N+](=O)[O-])cc4[N+](=O)[O-])c3)S2)cc1.